The fourth-order valence-corrected chi connectivity index (χ4v) is 7.75. The van der Waals surface area contributed by atoms with Crippen LogP contribution >= 0.6 is 46.3 Å². The predicted molar refractivity (Wildman–Crippen MR) is 163 cm³/mol. The zero-order valence-electron chi connectivity index (χ0n) is 22.1. The lowest BCUT2D eigenvalue weighted by Crippen LogP contribution is -3.00. The molecule has 200 valence electrons. The number of fused-ring (bicyclic) bond motifs is 2. The maximum Gasteiger partial charge on any atom is 0.262 e. The van der Waals surface area contributed by atoms with E-state index in [1.807, 2.05) is 35.2 Å². The van der Waals surface area contributed by atoms with Crippen molar-refractivity contribution in [3.05, 3.63) is 91.6 Å². The lowest BCUT2D eigenvalue weighted by atomic mass is 9.90. The average molecular weight is 697 g/mol. The first-order chi connectivity index (χ1) is 17.9. The summed E-state index contributed by atoms with van der Waals surface area (Å²) in [5.74, 6) is 0. The average Bonchev–Trinajstić information content (AvgIpc) is 3.41. The smallest absolute Gasteiger partial charge is 0.262 e. The van der Waals surface area contributed by atoms with Gasteiger partial charge in [0.2, 0.25) is 5.52 Å². The van der Waals surface area contributed by atoms with Gasteiger partial charge in [0.1, 0.15) is 11.2 Å². The maximum absolute atomic E-state index is 6.29. The van der Waals surface area contributed by atoms with Gasteiger partial charge >= 0.3 is 0 Å². The highest BCUT2D eigenvalue weighted by molar-refractivity contribution is 8.03. The number of halogens is 3. The van der Waals surface area contributed by atoms with E-state index in [0.717, 1.165) is 42.4 Å². The maximum atomic E-state index is 6.29. The third kappa shape index (κ3) is 5.99. The number of thiazole rings is 1. The number of aryl methyl sites for hydroxylation is 1. The Bertz CT molecular complexity index is 1470. The van der Waals surface area contributed by atoms with Crippen LogP contribution in [0.5, 0.6) is 0 Å². The first-order valence-electron chi connectivity index (χ1n) is 12.8. The van der Waals surface area contributed by atoms with E-state index in [1.54, 1.807) is 0 Å². The fourth-order valence-electron chi connectivity index (χ4n) is 5.20. The standard InChI is InChI=1S/C30H32Cl2N3S2.HI/c1-5-34-24-18-22(31)12-14-26(24)36-28(34)16-10-20-8-7-9-21(30(20)33(3)4)11-17-29-35(6-2)25-19-23(32)13-15-27(25)37-29;/h10-19H,5-9H2,1-4H3;1H/q+1;/p-1. The van der Waals surface area contributed by atoms with Gasteiger partial charge in [-0.15, -0.1) is 0 Å². The number of thioether (sulfide) groups is 1. The van der Waals surface area contributed by atoms with E-state index >= 15 is 0 Å². The summed E-state index contributed by atoms with van der Waals surface area (Å²) in [6, 6.07) is 12.3. The van der Waals surface area contributed by atoms with Crippen molar-refractivity contribution in [1.29, 1.82) is 0 Å². The van der Waals surface area contributed by atoms with Crippen LogP contribution in [0.4, 0.5) is 5.69 Å². The first-order valence-corrected chi connectivity index (χ1v) is 15.1. The van der Waals surface area contributed by atoms with Crippen molar-refractivity contribution >= 4 is 68.3 Å². The van der Waals surface area contributed by atoms with E-state index in [-0.39, 0.29) is 24.0 Å². The van der Waals surface area contributed by atoms with Gasteiger partial charge in [0.15, 0.2) is 0 Å². The Morgan fingerprint density at radius 1 is 1.00 bits per heavy atom. The molecule has 0 fully saturated rings. The zero-order valence-corrected chi connectivity index (χ0v) is 27.4. The van der Waals surface area contributed by atoms with Crippen molar-refractivity contribution in [3.8, 4) is 0 Å². The Balaban J connectivity index is 0.00000336. The third-order valence-electron chi connectivity index (χ3n) is 6.82. The number of nitrogens with zero attached hydrogens (tertiary/aromatic N) is 3. The molecule has 8 heteroatoms. The van der Waals surface area contributed by atoms with Crippen molar-refractivity contribution in [2.75, 3.05) is 25.5 Å². The molecule has 2 heterocycles. The summed E-state index contributed by atoms with van der Waals surface area (Å²) in [6.45, 7) is 6.21. The molecule has 1 aromatic heterocycles. The van der Waals surface area contributed by atoms with Crippen molar-refractivity contribution in [1.82, 2.24) is 4.90 Å². The van der Waals surface area contributed by atoms with Crippen molar-refractivity contribution in [3.63, 3.8) is 0 Å². The predicted octanol–water partition coefficient (Wildman–Crippen LogP) is 5.93. The number of hydrogen-bond acceptors (Lipinski definition) is 4. The summed E-state index contributed by atoms with van der Waals surface area (Å²) in [4.78, 5) is 5.89. The molecule has 0 saturated carbocycles. The molecule has 38 heavy (non-hydrogen) atoms. The molecule has 0 N–H and O–H groups in total. The van der Waals surface area contributed by atoms with Gasteiger partial charge < -0.3 is 33.8 Å². The second-order valence-electron chi connectivity index (χ2n) is 9.41. The van der Waals surface area contributed by atoms with Gasteiger partial charge in [-0.05, 0) is 86.7 Å². The van der Waals surface area contributed by atoms with Crippen LogP contribution in [0.2, 0.25) is 10.0 Å². The van der Waals surface area contributed by atoms with Crippen LogP contribution < -0.4 is 33.4 Å². The molecule has 2 aliphatic rings. The number of rotatable bonds is 6. The van der Waals surface area contributed by atoms with Crippen LogP contribution in [0.15, 0.2) is 81.4 Å². The quantitative estimate of drug-likeness (QED) is 0.234. The fraction of sp³-hybridized carbons (Fsp3) is 0.300. The summed E-state index contributed by atoms with van der Waals surface area (Å²) in [5, 5.41) is 4.07. The Labute approximate surface area is 261 Å². The molecule has 5 rings (SSSR count). The second kappa shape index (κ2) is 12.8. The Hall–Kier alpha value is -1.45. The minimum Gasteiger partial charge on any atom is -1.00 e. The van der Waals surface area contributed by atoms with E-state index in [2.05, 4.69) is 90.9 Å². The number of hydrogen-bond donors (Lipinski definition) is 0. The summed E-state index contributed by atoms with van der Waals surface area (Å²) in [7, 11) is 4.31. The van der Waals surface area contributed by atoms with E-state index in [9.17, 15) is 0 Å². The SMILES string of the molecule is CCN1/C(=C/C=C2\CCCC(/C=C/c3sc4ccc(Cl)cc4[n+]3CC)=C2N(C)C)Sc2ccc(Cl)cc21.[I-]. The van der Waals surface area contributed by atoms with Gasteiger partial charge in [0.25, 0.3) is 5.01 Å². The number of aromatic nitrogens is 1. The van der Waals surface area contributed by atoms with Gasteiger partial charge in [-0.3, -0.25) is 0 Å². The molecule has 1 aliphatic heterocycles. The number of allylic oxidation sites excluding steroid dienone is 5. The van der Waals surface area contributed by atoms with E-state index in [0.29, 0.717) is 0 Å². The summed E-state index contributed by atoms with van der Waals surface area (Å²) < 4.78 is 3.61. The molecule has 3 nitrogen and oxygen atoms in total. The second-order valence-corrected chi connectivity index (χ2v) is 12.4. The van der Waals surface area contributed by atoms with Crippen molar-refractivity contribution in [2.24, 2.45) is 0 Å². The van der Waals surface area contributed by atoms with Crippen LogP contribution in [0.1, 0.15) is 38.1 Å². The molecule has 2 aromatic carbocycles. The Morgan fingerprint density at radius 3 is 2.50 bits per heavy atom. The van der Waals surface area contributed by atoms with E-state index < -0.39 is 0 Å². The molecule has 0 unspecified atom stereocenters. The number of anilines is 1. The van der Waals surface area contributed by atoms with Crippen LogP contribution in [-0.2, 0) is 6.54 Å². The molecule has 0 atom stereocenters. The van der Waals surface area contributed by atoms with Gasteiger partial charge in [0.05, 0.1) is 10.7 Å². The minimum absolute atomic E-state index is 0. The van der Waals surface area contributed by atoms with Gasteiger partial charge in [-0.1, -0.05) is 52.4 Å². The highest BCUT2D eigenvalue weighted by Gasteiger charge is 2.24. The van der Waals surface area contributed by atoms with Gasteiger partial charge in [-0.25, -0.2) is 0 Å². The Morgan fingerprint density at radius 2 is 1.76 bits per heavy atom. The number of likely N-dealkylation sites (N-methyl/N-ethyl adjacent to an activating group) is 1. The van der Waals surface area contributed by atoms with Crippen LogP contribution in [0.3, 0.4) is 0 Å². The van der Waals surface area contributed by atoms with Crippen LogP contribution in [-0.4, -0.2) is 25.5 Å². The molecule has 0 radical (unpaired) electrons. The van der Waals surface area contributed by atoms with Gasteiger partial charge in [0, 0.05) is 53.4 Å². The van der Waals surface area contributed by atoms with Crippen molar-refractivity contribution < 1.29 is 28.5 Å². The lowest BCUT2D eigenvalue weighted by Gasteiger charge is -2.27. The molecule has 1 aliphatic carbocycles. The largest absolute Gasteiger partial charge is 1.00 e. The normalized spacial score (nSPS) is 17.7. The molecule has 0 spiro atoms. The highest BCUT2D eigenvalue weighted by Crippen LogP contribution is 2.47. The Kier molecular flexibility index (Phi) is 9.96. The molecule has 0 bridgehead atoms. The van der Waals surface area contributed by atoms with E-state index in [1.165, 1.54) is 47.7 Å². The summed E-state index contributed by atoms with van der Waals surface area (Å²) in [6.07, 6.45) is 12.6. The van der Waals surface area contributed by atoms with Gasteiger partial charge in [-0.2, -0.15) is 4.57 Å². The van der Waals surface area contributed by atoms with E-state index in [4.69, 9.17) is 23.2 Å². The van der Waals surface area contributed by atoms with Crippen molar-refractivity contribution in [2.45, 2.75) is 44.6 Å². The van der Waals surface area contributed by atoms with Crippen LogP contribution in [0.25, 0.3) is 16.3 Å². The molecular weight excluding hydrogens is 664 g/mol. The monoisotopic (exact) mass is 695 g/mol. The molecular formula is C30H32Cl2IN3S2. The summed E-state index contributed by atoms with van der Waals surface area (Å²) in [5.41, 5.74) is 6.52. The lowest BCUT2D eigenvalue weighted by molar-refractivity contribution is -0.665. The highest BCUT2D eigenvalue weighted by atomic mass is 127. The molecule has 0 saturated heterocycles. The molecule has 0 amide bonds. The third-order valence-corrected chi connectivity index (χ3v) is 9.55. The van der Waals surface area contributed by atoms with Crippen LogP contribution in [0, 0.1) is 0 Å². The topological polar surface area (TPSA) is 10.4 Å². The first kappa shape index (κ1) is 29.5. The zero-order chi connectivity index (χ0) is 26.1. The number of benzene rings is 2. The molecule has 3 aromatic rings. The minimum atomic E-state index is 0. The summed E-state index contributed by atoms with van der Waals surface area (Å²) >= 11 is 16.2.